The minimum absolute atomic E-state index is 0.156. The van der Waals surface area contributed by atoms with E-state index in [1.165, 1.54) is 6.42 Å². The quantitative estimate of drug-likeness (QED) is 0.418. The Bertz CT molecular complexity index is 1230. The first kappa shape index (κ1) is 24.6. The van der Waals surface area contributed by atoms with E-state index in [9.17, 15) is 9.59 Å². The van der Waals surface area contributed by atoms with Gasteiger partial charge in [0.2, 0.25) is 5.95 Å². The number of hydrogen-bond acceptors (Lipinski definition) is 5. The first-order chi connectivity index (χ1) is 17.0. The number of ketones is 1. The van der Waals surface area contributed by atoms with Crippen molar-refractivity contribution in [2.24, 2.45) is 5.92 Å². The summed E-state index contributed by atoms with van der Waals surface area (Å²) in [6.07, 6.45) is 6.24. The Morgan fingerprint density at radius 2 is 1.91 bits per heavy atom. The van der Waals surface area contributed by atoms with E-state index in [-0.39, 0.29) is 17.7 Å². The third-order valence-electron chi connectivity index (χ3n) is 6.94. The van der Waals surface area contributed by atoms with E-state index in [0.717, 1.165) is 48.7 Å². The molecule has 7 nitrogen and oxygen atoms in total. The van der Waals surface area contributed by atoms with Crippen LogP contribution in [-0.2, 0) is 16.1 Å². The molecule has 1 unspecified atom stereocenters. The summed E-state index contributed by atoms with van der Waals surface area (Å²) in [5.74, 6) is 0.451. The number of carbonyl (C=O) groups is 2. The molecule has 1 atom stereocenters. The van der Waals surface area contributed by atoms with Crippen LogP contribution in [0, 0.1) is 17.2 Å². The smallest absolute Gasteiger partial charge is 0.257 e. The van der Waals surface area contributed by atoms with Crippen LogP contribution in [0.1, 0.15) is 72.9 Å². The van der Waals surface area contributed by atoms with Crippen molar-refractivity contribution in [2.45, 2.75) is 57.9 Å². The van der Waals surface area contributed by atoms with Gasteiger partial charge in [0.05, 0.1) is 22.7 Å². The Hall–Kier alpha value is -3.50. The average Bonchev–Trinajstić information content (AvgIpc) is 3.24. The zero-order valence-corrected chi connectivity index (χ0v) is 20.4. The molecule has 1 heterocycles. The highest BCUT2D eigenvalue weighted by atomic mass is 16.5. The molecule has 35 heavy (non-hydrogen) atoms. The second-order valence-corrected chi connectivity index (χ2v) is 9.28. The summed E-state index contributed by atoms with van der Waals surface area (Å²) in [6.45, 7) is 3.21. The van der Waals surface area contributed by atoms with Crippen molar-refractivity contribution < 1.29 is 14.3 Å². The van der Waals surface area contributed by atoms with E-state index in [1.54, 1.807) is 31.4 Å². The molecule has 0 bridgehead atoms. The highest BCUT2D eigenvalue weighted by molar-refractivity contribution is 6.04. The topological polar surface area (TPSA) is 97.0 Å². The summed E-state index contributed by atoms with van der Waals surface area (Å²) < 4.78 is 7.19. The van der Waals surface area contributed by atoms with Gasteiger partial charge in [-0.15, -0.1) is 0 Å². The number of amides is 1. The largest absolute Gasteiger partial charge is 0.385 e. The van der Waals surface area contributed by atoms with Crippen molar-refractivity contribution in [3.63, 3.8) is 0 Å². The number of nitrogens with one attached hydrogen (secondary N) is 1. The van der Waals surface area contributed by atoms with Crippen LogP contribution in [0.4, 0.5) is 5.95 Å². The number of hydrogen-bond donors (Lipinski definition) is 1. The number of imidazole rings is 1. The summed E-state index contributed by atoms with van der Waals surface area (Å²) in [7, 11) is 1.66. The number of rotatable bonds is 9. The fourth-order valence-corrected chi connectivity index (χ4v) is 4.88. The van der Waals surface area contributed by atoms with Crippen molar-refractivity contribution >= 4 is 28.7 Å². The van der Waals surface area contributed by atoms with Gasteiger partial charge in [0.15, 0.2) is 0 Å². The van der Waals surface area contributed by atoms with E-state index >= 15 is 0 Å². The van der Waals surface area contributed by atoms with Crippen LogP contribution in [0.15, 0.2) is 42.5 Å². The molecule has 0 saturated heterocycles. The molecule has 0 radical (unpaired) electrons. The molecule has 1 aliphatic carbocycles. The maximum atomic E-state index is 13.1. The normalized spacial score (nSPS) is 15.0. The van der Waals surface area contributed by atoms with Crippen molar-refractivity contribution in [3.05, 3.63) is 59.2 Å². The predicted molar refractivity (Wildman–Crippen MR) is 135 cm³/mol. The second kappa shape index (κ2) is 11.3. The van der Waals surface area contributed by atoms with E-state index < -0.39 is 0 Å². The Morgan fingerprint density at radius 1 is 1.17 bits per heavy atom. The van der Waals surface area contributed by atoms with Gasteiger partial charge in [-0.3, -0.25) is 14.9 Å². The number of carbonyl (C=O) groups excluding carboxylic acids is 2. The molecule has 1 amide bonds. The monoisotopic (exact) mass is 472 g/mol. The maximum absolute atomic E-state index is 13.1. The number of fused-ring (bicyclic) bond motifs is 1. The van der Waals surface area contributed by atoms with Gasteiger partial charge >= 0.3 is 0 Å². The number of benzene rings is 2. The van der Waals surface area contributed by atoms with Gasteiger partial charge in [-0.25, -0.2) is 4.98 Å². The lowest BCUT2D eigenvalue weighted by Crippen LogP contribution is -2.22. The summed E-state index contributed by atoms with van der Waals surface area (Å²) in [6, 6.07) is 14.5. The Morgan fingerprint density at radius 3 is 2.60 bits per heavy atom. The number of nitrogens with zero attached hydrogens (tertiary/aromatic N) is 3. The molecule has 0 spiro atoms. The van der Waals surface area contributed by atoms with Gasteiger partial charge in [-0.05, 0) is 61.2 Å². The van der Waals surface area contributed by atoms with Crippen LogP contribution in [0.3, 0.4) is 0 Å². The molecule has 2 aromatic carbocycles. The van der Waals surface area contributed by atoms with Crippen molar-refractivity contribution in [1.29, 1.82) is 5.26 Å². The minimum atomic E-state index is -0.293. The van der Waals surface area contributed by atoms with E-state index in [1.807, 2.05) is 29.7 Å². The lowest BCUT2D eigenvalue weighted by Gasteiger charge is -2.23. The molecule has 4 rings (SSSR count). The third kappa shape index (κ3) is 5.60. The fourth-order valence-electron chi connectivity index (χ4n) is 4.88. The number of methoxy groups -OCH3 is 1. The first-order valence-corrected chi connectivity index (χ1v) is 12.4. The van der Waals surface area contributed by atoms with Crippen molar-refractivity contribution in [2.75, 3.05) is 19.0 Å². The molecule has 7 heteroatoms. The van der Waals surface area contributed by atoms with Crippen molar-refractivity contribution in [3.8, 4) is 6.07 Å². The summed E-state index contributed by atoms with van der Waals surface area (Å²) in [5.41, 5.74) is 3.56. The number of anilines is 1. The third-order valence-corrected chi connectivity index (χ3v) is 6.94. The summed E-state index contributed by atoms with van der Waals surface area (Å²) >= 11 is 0. The van der Waals surface area contributed by atoms with Gasteiger partial charge in [0.25, 0.3) is 5.91 Å². The maximum Gasteiger partial charge on any atom is 0.257 e. The van der Waals surface area contributed by atoms with Crippen LogP contribution in [0.25, 0.3) is 11.0 Å². The molecule has 1 saturated carbocycles. The lowest BCUT2D eigenvalue weighted by atomic mass is 9.80. The molecule has 1 aliphatic rings. The summed E-state index contributed by atoms with van der Waals surface area (Å²) in [5, 5.41) is 11.9. The molecule has 182 valence electrons. The van der Waals surface area contributed by atoms with Gasteiger partial charge in [0.1, 0.15) is 5.78 Å². The average molecular weight is 473 g/mol. The van der Waals surface area contributed by atoms with Crippen molar-refractivity contribution in [1.82, 2.24) is 9.55 Å². The SMILES string of the molecule is COCCCn1c(NC(=O)c2ccc(C#N)cc2)nc2cc(C(C)C(=O)C3CCCCC3)ccc21. The zero-order valence-electron chi connectivity index (χ0n) is 20.4. The Kier molecular flexibility index (Phi) is 7.94. The number of Topliss-reactive ketones (excluding diaryl/α,β-unsaturated/α-hetero) is 1. The Labute approximate surface area is 206 Å². The van der Waals surface area contributed by atoms with E-state index in [2.05, 4.69) is 11.4 Å². The summed E-state index contributed by atoms with van der Waals surface area (Å²) in [4.78, 5) is 30.7. The zero-order chi connectivity index (χ0) is 24.8. The van der Waals surface area contributed by atoms with Crippen LogP contribution in [-0.4, -0.2) is 35.0 Å². The lowest BCUT2D eigenvalue weighted by molar-refractivity contribution is -0.124. The number of aromatic nitrogens is 2. The molecule has 1 N–H and O–H groups in total. The predicted octanol–water partition coefficient (Wildman–Crippen LogP) is 5.45. The van der Waals surface area contributed by atoms with Gasteiger partial charge in [-0.2, -0.15) is 5.26 Å². The first-order valence-electron chi connectivity index (χ1n) is 12.4. The highest BCUT2D eigenvalue weighted by Crippen LogP contribution is 2.32. The van der Waals surface area contributed by atoms with Crippen LogP contribution >= 0.6 is 0 Å². The minimum Gasteiger partial charge on any atom is -0.385 e. The number of ether oxygens (including phenoxy) is 1. The fraction of sp³-hybridized carbons (Fsp3) is 0.429. The van der Waals surface area contributed by atoms with E-state index in [4.69, 9.17) is 15.0 Å². The van der Waals surface area contributed by atoms with Gasteiger partial charge in [0, 0.05) is 37.7 Å². The second-order valence-electron chi connectivity index (χ2n) is 9.28. The molecule has 1 aromatic heterocycles. The molecule has 1 fully saturated rings. The number of aryl methyl sites for hydroxylation is 1. The molecule has 0 aliphatic heterocycles. The molecular weight excluding hydrogens is 440 g/mol. The molecule has 3 aromatic rings. The van der Waals surface area contributed by atoms with E-state index in [0.29, 0.717) is 36.0 Å². The standard InChI is InChI=1S/C28H32N4O3/c1-19(26(33)21-7-4-3-5-8-21)23-13-14-25-24(17-23)30-28(32(25)15-6-16-35-2)31-27(34)22-11-9-20(18-29)10-12-22/h9-14,17,19,21H,3-8,15-16H2,1-2H3,(H,30,31,34). The number of nitriles is 1. The van der Waals surface area contributed by atoms with Crippen LogP contribution in [0.2, 0.25) is 0 Å². The van der Waals surface area contributed by atoms with Crippen LogP contribution < -0.4 is 5.32 Å². The van der Waals surface area contributed by atoms with Gasteiger partial charge < -0.3 is 9.30 Å². The Balaban J connectivity index is 1.61. The highest BCUT2D eigenvalue weighted by Gasteiger charge is 2.27. The molecular formula is C28H32N4O3. The van der Waals surface area contributed by atoms with Crippen LogP contribution in [0.5, 0.6) is 0 Å². The van der Waals surface area contributed by atoms with Gasteiger partial charge in [-0.1, -0.05) is 32.3 Å².